The second kappa shape index (κ2) is 6.54. The lowest BCUT2D eigenvalue weighted by Gasteiger charge is -2.11. The molecule has 0 bridgehead atoms. The van der Waals surface area contributed by atoms with Gasteiger partial charge in [-0.25, -0.2) is 9.97 Å². The van der Waals surface area contributed by atoms with Gasteiger partial charge in [0.25, 0.3) is 0 Å². The highest BCUT2D eigenvalue weighted by molar-refractivity contribution is 5.76. The van der Waals surface area contributed by atoms with Crippen LogP contribution in [0.2, 0.25) is 0 Å². The van der Waals surface area contributed by atoms with Gasteiger partial charge in [-0.2, -0.15) is 0 Å². The number of hydrogen-bond donors (Lipinski definition) is 3. The summed E-state index contributed by atoms with van der Waals surface area (Å²) in [5, 5.41) is 9.11. The Morgan fingerprint density at radius 2 is 2.05 bits per heavy atom. The van der Waals surface area contributed by atoms with Gasteiger partial charge in [0, 0.05) is 38.0 Å². The minimum atomic E-state index is 0.0535. The van der Waals surface area contributed by atoms with E-state index in [-0.39, 0.29) is 11.9 Å². The molecule has 1 amide bonds. The molecule has 1 aromatic rings. The molecule has 1 aliphatic rings. The highest BCUT2D eigenvalue weighted by Crippen LogP contribution is 2.38. The first-order valence-corrected chi connectivity index (χ1v) is 7.18. The van der Waals surface area contributed by atoms with Gasteiger partial charge in [-0.1, -0.05) is 0 Å². The molecular formula is C14H23N5O. The van der Waals surface area contributed by atoms with Crippen LogP contribution in [-0.4, -0.2) is 35.5 Å². The van der Waals surface area contributed by atoms with Gasteiger partial charge in [0.1, 0.15) is 17.5 Å². The Bertz CT molecular complexity index is 471. The van der Waals surface area contributed by atoms with Gasteiger partial charge < -0.3 is 16.0 Å². The van der Waals surface area contributed by atoms with Crippen LogP contribution >= 0.6 is 0 Å². The fraction of sp³-hybridized carbons (Fsp3) is 0.643. The molecule has 0 saturated heterocycles. The van der Waals surface area contributed by atoms with Crippen molar-refractivity contribution in [1.29, 1.82) is 0 Å². The second-order valence-electron chi connectivity index (χ2n) is 5.42. The summed E-state index contributed by atoms with van der Waals surface area (Å²) in [6, 6.07) is 2.05. The second-order valence-corrected chi connectivity index (χ2v) is 5.42. The highest BCUT2D eigenvalue weighted by atomic mass is 16.1. The van der Waals surface area contributed by atoms with Crippen LogP contribution in [0.1, 0.15) is 44.9 Å². The number of carbonyl (C=O) groups is 1. The molecule has 3 N–H and O–H groups in total. The first kappa shape index (κ1) is 14.6. The monoisotopic (exact) mass is 277 g/mol. The zero-order valence-electron chi connectivity index (χ0n) is 12.4. The summed E-state index contributed by atoms with van der Waals surface area (Å²) in [7, 11) is 1.85. The van der Waals surface area contributed by atoms with E-state index < -0.39 is 0 Å². The van der Waals surface area contributed by atoms with Crippen molar-refractivity contribution in [2.24, 2.45) is 0 Å². The van der Waals surface area contributed by atoms with Crippen LogP contribution in [0.4, 0.5) is 11.6 Å². The molecule has 0 aromatic carbocycles. The third-order valence-electron chi connectivity index (χ3n) is 3.05. The summed E-state index contributed by atoms with van der Waals surface area (Å²) in [6.07, 6.45) is 2.78. The van der Waals surface area contributed by atoms with Crippen LogP contribution < -0.4 is 16.0 Å². The van der Waals surface area contributed by atoms with Gasteiger partial charge in [0.15, 0.2) is 0 Å². The number of hydrogen-bond acceptors (Lipinski definition) is 5. The van der Waals surface area contributed by atoms with Crippen molar-refractivity contribution in [2.75, 3.05) is 24.2 Å². The molecule has 0 aliphatic heterocycles. The summed E-state index contributed by atoms with van der Waals surface area (Å²) < 4.78 is 0. The van der Waals surface area contributed by atoms with E-state index >= 15 is 0 Å². The van der Waals surface area contributed by atoms with Gasteiger partial charge >= 0.3 is 0 Å². The molecule has 20 heavy (non-hydrogen) atoms. The van der Waals surface area contributed by atoms with Crippen molar-refractivity contribution in [2.45, 2.75) is 45.1 Å². The van der Waals surface area contributed by atoms with Crippen LogP contribution in [0.15, 0.2) is 6.07 Å². The van der Waals surface area contributed by atoms with E-state index in [1.807, 2.05) is 27.0 Å². The van der Waals surface area contributed by atoms with Crippen LogP contribution in [0.25, 0.3) is 0 Å². The molecule has 0 radical (unpaired) electrons. The van der Waals surface area contributed by atoms with Gasteiger partial charge in [0.2, 0.25) is 5.91 Å². The Morgan fingerprint density at radius 1 is 1.35 bits per heavy atom. The molecule has 1 aromatic heterocycles. The number of carbonyl (C=O) groups excluding carboxylic acids is 1. The summed E-state index contributed by atoms with van der Waals surface area (Å²) in [5.74, 6) is 3.05. The van der Waals surface area contributed by atoms with Crippen molar-refractivity contribution in [3.8, 4) is 0 Å². The van der Waals surface area contributed by atoms with Gasteiger partial charge in [0.05, 0.1) is 0 Å². The molecule has 110 valence electrons. The lowest BCUT2D eigenvalue weighted by Crippen LogP contribution is -2.31. The van der Waals surface area contributed by atoms with Crippen molar-refractivity contribution in [3.63, 3.8) is 0 Å². The molecule has 1 fully saturated rings. The Labute approximate surface area is 119 Å². The number of nitrogens with one attached hydrogen (secondary N) is 3. The first-order valence-electron chi connectivity index (χ1n) is 7.18. The predicted molar refractivity (Wildman–Crippen MR) is 79.9 cm³/mol. The lowest BCUT2D eigenvalue weighted by molar-refractivity contribution is -0.121. The predicted octanol–water partition coefficient (Wildman–Crippen LogP) is 1.72. The SMILES string of the molecule is CNc1cc(NCCC(=O)NC(C)C)nc(C2CC2)n1. The minimum absolute atomic E-state index is 0.0535. The topological polar surface area (TPSA) is 78.9 Å². The summed E-state index contributed by atoms with van der Waals surface area (Å²) >= 11 is 0. The molecule has 6 heteroatoms. The summed E-state index contributed by atoms with van der Waals surface area (Å²) in [5.41, 5.74) is 0. The highest BCUT2D eigenvalue weighted by Gasteiger charge is 2.27. The van der Waals surface area contributed by atoms with Crippen LogP contribution in [0.5, 0.6) is 0 Å². The number of rotatable bonds is 7. The third-order valence-corrected chi connectivity index (χ3v) is 3.05. The average molecular weight is 277 g/mol. The van der Waals surface area contributed by atoms with Gasteiger partial charge in [-0.05, 0) is 26.7 Å². The largest absolute Gasteiger partial charge is 0.373 e. The molecule has 0 atom stereocenters. The molecular weight excluding hydrogens is 254 g/mol. The maximum atomic E-state index is 11.6. The minimum Gasteiger partial charge on any atom is -0.373 e. The van der Waals surface area contributed by atoms with Crippen LogP contribution in [0.3, 0.4) is 0 Å². The Morgan fingerprint density at radius 3 is 2.65 bits per heavy atom. The van der Waals surface area contributed by atoms with E-state index in [9.17, 15) is 4.79 Å². The van der Waals surface area contributed by atoms with Gasteiger partial charge in [-0.3, -0.25) is 4.79 Å². The van der Waals surface area contributed by atoms with E-state index in [0.717, 1.165) is 17.5 Å². The van der Waals surface area contributed by atoms with E-state index in [1.165, 1.54) is 12.8 Å². The lowest BCUT2D eigenvalue weighted by atomic mass is 10.3. The molecule has 2 rings (SSSR count). The quantitative estimate of drug-likeness (QED) is 0.707. The Hall–Kier alpha value is -1.85. The standard InChI is InChI=1S/C14H23N5O/c1-9(2)17-13(20)6-7-16-12-8-11(15-3)18-14(19-12)10-4-5-10/h8-10H,4-7H2,1-3H3,(H,17,20)(H2,15,16,18,19). The molecule has 0 spiro atoms. The molecule has 6 nitrogen and oxygen atoms in total. The van der Waals surface area contributed by atoms with Crippen molar-refractivity contribution in [1.82, 2.24) is 15.3 Å². The van der Waals surface area contributed by atoms with Crippen molar-refractivity contribution >= 4 is 17.5 Å². The van der Waals surface area contributed by atoms with Crippen LogP contribution in [0, 0.1) is 0 Å². The average Bonchev–Trinajstić information content (AvgIpc) is 3.21. The molecule has 0 unspecified atom stereocenters. The summed E-state index contributed by atoms with van der Waals surface area (Å²) in [6.45, 7) is 4.48. The number of anilines is 2. The van der Waals surface area contributed by atoms with E-state index in [2.05, 4.69) is 25.9 Å². The number of amides is 1. The summed E-state index contributed by atoms with van der Waals surface area (Å²) in [4.78, 5) is 20.5. The first-order chi connectivity index (χ1) is 9.58. The van der Waals surface area contributed by atoms with E-state index in [0.29, 0.717) is 18.9 Å². The van der Waals surface area contributed by atoms with Crippen LogP contribution in [-0.2, 0) is 4.79 Å². The molecule has 1 aliphatic carbocycles. The smallest absolute Gasteiger partial charge is 0.221 e. The number of nitrogens with zero attached hydrogens (tertiary/aromatic N) is 2. The number of aromatic nitrogens is 2. The van der Waals surface area contributed by atoms with Gasteiger partial charge in [-0.15, -0.1) is 0 Å². The fourth-order valence-corrected chi connectivity index (χ4v) is 1.91. The van der Waals surface area contributed by atoms with Crippen molar-refractivity contribution < 1.29 is 4.79 Å². The molecule has 1 saturated carbocycles. The zero-order valence-corrected chi connectivity index (χ0v) is 12.4. The maximum absolute atomic E-state index is 11.6. The van der Waals surface area contributed by atoms with E-state index in [1.54, 1.807) is 0 Å². The Kier molecular flexibility index (Phi) is 4.76. The van der Waals surface area contributed by atoms with Crippen molar-refractivity contribution in [3.05, 3.63) is 11.9 Å². The third kappa shape index (κ3) is 4.36. The van der Waals surface area contributed by atoms with E-state index in [4.69, 9.17) is 0 Å². The fourth-order valence-electron chi connectivity index (χ4n) is 1.91. The maximum Gasteiger partial charge on any atom is 0.221 e. The normalized spacial score (nSPS) is 14.2. The molecule has 1 heterocycles. The Balaban J connectivity index is 1.88. The zero-order chi connectivity index (χ0) is 14.5.